The highest BCUT2D eigenvalue weighted by Gasteiger charge is 2.34. The van der Waals surface area contributed by atoms with Gasteiger partial charge in [-0.15, -0.1) is 0 Å². The van der Waals surface area contributed by atoms with E-state index in [0.29, 0.717) is 20.2 Å². The molecule has 0 unspecified atom stereocenters. The van der Waals surface area contributed by atoms with Gasteiger partial charge in [-0.2, -0.15) is 0 Å². The molecule has 122 valence electrons. The molecule has 5 nitrogen and oxygen atoms in total. The molecule has 1 fully saturated rings. The average molecular weight is 473 g/mol. The number of furan rings is 1. The Morgan fingerprint density at radius 3 is 2.67 bits per heavy atom. The summed E-state index contributed by atoms with van der Waals surface area (Å²) in [6, 6.07) is 8.54. The number of aryl methyl sites for hydroxylation is 1. The van der Waals surface area contributed by atoms with Crippen LogP contribution in [0.1, 0.15) is 11.3 Å². The summed E-state index contributed by atoms with van der Waals surface area (Å²) < 4.78 is 6.04. The molecule has 0 radical (unpaired) electrons. The van der Waals surface area contributed by atoms with Gasteiger partial charge in [0.1, 0.15) is 11.3 Å². The van der Waals surface area contributed by atoms with E-state index in [0.717, 1.165) is 5.56 Å². The first-order valence-electron chi connectivity index (χ1n) is 6.80. The molecule has 3 rings (SSSR count). The van der Waals surface area contributed by atoms with Crippen molar-refractivity contribution >= 4 is 75.1 Å². The maximum atomic E-state index is 12.8. The van der Waals surface area contributed by atoms with E-state index in [1.54, 1.807) is 30.3 Å². The van der Waals surface area contributed by atoms with Crippen molar-refractivity contribution in [2.75, 3.05) is 4.90 Å². The van der Waals surface area contributed by atoms with E-state index in [-0.39, 0.29) is 10.7 Å². The summed E-state index contributed by atoms with van der Waals surface area (Å²) in [6.45, 7) is 1.86. The van der Waals surface area contributed by atoms with Crippen LogP contribution in [-0.2, 0) is 9.59 Å². The zero-order valence-electron chi connectivity index (χ0n) is 12.3. The van der Waals surface area contributed by atoms with Gasteiger partial charge in [0.15, 0.2) is 8.88 Å². The number of carbonyl (C=O) groups excluding carboxylic acids is 2. The molecule has 0 aliphatic carbocycles. The van der Waals surface area contributed by atoms with E-state index in [9.17, 15) is 9.59 Å². The van der Waals surface area contributed by atoms with E-state index in [1.807, 2.05) is 29.5 Å². The molecule has 1 N–H and O–H groups in total. The van der Waals surface area contributed by atoms with E-state index in [4.69, 9.17) is 28.2 Å². The van der Waals surface area contributed by atoms with E-state index in [1.165, 1.54) is 11.0 Å². The van der Waals surface area contributed by atoms with Crippen molar-refractivity contribution in [3.05, 3.63) is 56.0 Å². The van der Waals surface area contributed by atoms with Gasteiger partial charge in [0.2, 0.25) is 0 Å². The molecule has 2 aromatic rings. The molecule has 0 bridgehead atoms. The molecule has 1 aromatic heterocycles. The Morgan fingerprint density at radius 2 is 2.04 bits per heavy atom. The summed E-state index contributed by atoms with van der Waals surface area (Å²) in [5, 5.41) is 3.03. The first-order valence-corrected chi connectivity index (χ1v) is 8.66. The Kier molecular flexibility index (Phi) is 4.75. The smallest absolute Gasteiger partial charge is 0.270 e. The van der Waals surface area contributed by atoms with Crippen molar-refractivity contribution in [2.24, 2.45) is 0 Å². The second-order valence-electron chi connectivity index (χ2n) is 5.03. The fourth-order valence-electron chi connectivity index (χ4n) is 2.16. The van der Waals surface area contributed by atoms with Gasteiger partial charge in [-0.1, -0.05) is 17.7 Å². The predicted molar refractivity (Wildman–Crippen MR) is 104 cm³/mol. The Labute approximate surface area is 161 Å². The first-order chi connectivity index (χ1) is 11.4. The molecule has 2 heterocycles. The van der Waals surface area contributed by atoms with Crippen molar-refractivity contribution in [1.29, 1.82) is 0 Å². The minimum atomic E-state index is -0.564. The van der Waals surface area contributed by atoms with Crippen molar-refractivity contribution < 1.29 is 14.0 Å². The van der Waals surface area contributed by atoms with Crippen LogP contribution in [0.4, 0.5) is 5.69 Å². The Morgan fingerprint density at radius 1 is 1.29 bits per heavy atom. The van der Waals surface area contributed by atoms with Crippen molar-refractivity contribution in [3.8, 4) is 0 Å². The first kappa shape index (κ1) is 17.1. The highest BCUT2D eigenvalue weighted by atomic mass is 127. The highest BCUT2D eigenvalue weighted by Crippen LogP contribution is 2.27. The highest BCUT2D eigenvalue weighted by molar-refractivity contribution is 14.1. The van der Waals surface area contributed by atoms with Gasteiger partial charge >= 0.3 is 0 Å². The Hall–Kier alpha value is -1.71. The van der Waals surface area contributed by atoms with Gasteiger partial charge in [0.25, 0.3) is 11.8 Å². The van der Waals surface area contributed by atoms with Crippen molar-refractivity contribution in [1.82, 2.24) is 5.32 Å². The van der Waals surface area contributed by atoms with Crippen LogP contribution in [0.2, 0.25) is 5.02 Å². The van der Waals surface area contributed by atoms with Crippen LogP contribution in [0.25, 0.3) is 6.08 Å². The number of thiocarbonyl (C=S) groups is 1. The van der Waals surface area contributed by atoms with Gasteiger partial charge in [0, 0.05) is 5.02 Å². The number of benzene rings is 1. The number of hydrogen-bond acceptors (Lipinski definition) is 4. The van der Waals surface area contributed by atoms with Crippen LogP contribution >= 0.6 is 46.4 Å². The summed E-state index contributed by atoms with van der Waals surface area (Å²) >= 11 is 13.3. The number of anilines is 1. The van der Waals surface area contributed by atoms with Gasteiger partial charge in [-0.3, -0.25) is 19.8 Å². The monoisotopic (exact) mass is 472 g/mol. The quantitative estimate of drug-likeness (QED) is 0.314. The van der Waals surface area contributed by atoms with Gasteiger partial charge in [-0.05, 0) is 77.6 Å². The maximum Gasteiger partial charge on any atom is 0.270 e. The largest absolute Gasteiger partial charge is 0.451 e. The van der Waals surface area contributed by atoms with Crippen LogP contribution in [0.15, 0.2) is 40.3 Å². The third-order valence-corrected chi connectivity index (χ3v) is 4.67. The van der Waals surface area contributed by atoms with E-state index < -0.39 is 11.8 Å². The summed E-state index contributed by atoms with van der Waals surface area (Å²) in [5.74, 6) is -0.687. The minimum absolute atomic E-state index is 0.0103. The number of amides is 2. The van der Waals surface area contributed by atoms with E-state index >= 15 is 0 Å². The fourth-order valence-corrected chi connectivity index (χ4v) is 3.05. The lowest BCUT2D eigenvalue weighted by Gasteiger charge is -2.29. The second-order valence-corrected chi connectivity index (χ2v) is 6.89. The number of rotatable bonds is 2. The van der Waals surface area contributed by atoms with Crippen LogP contribution in [0.5, 0.6) is 0 Å². The lowest BCUT2D eigenvalue weighted by Crippen LogP contribution is -2.54. The number of halogens is 2. The molecule has 0 spiro atoms. The van der Waals surface area contributed by atoms with Crippen LogP contribution in [0, 0.1) is 10.7 Å². The normalized spacial score (nSPS) is 16.7. The maximum absolute atomic E-state index is 12.8. The van der Waals surface area contributed by atoms with Crippen molar-refractivity contribution in [2.45, 2.75) is 6.92 Å². The number of nitrogens with zero attached hydrogens (tertiary/aromatic N) is 1. The molecule has 24 heavy (non-hydrogen) atoms. The van der Waals surface area contributed by atoms with Crippen LogP contribution in [-0.4, -0.2) is 16.9 Å². The molecule has 8 heteroatoms. The number of nitrogens with one attached hydrogen (secondary N) is 1. The van der Waals surface area contributed by atoms with Crippen LogP contribution in [0.3, 0.4) is 0 Å². The third kappa shape index (κ3) is 3.24. The topological polar surface area (TPSA) is 62.6 Å². The molecule has 1 aliphatic rings. The Bertz CT molecular complexity index is 906. The summed E-state index contributed by atoms with van der Waals surface area (Å²) in [6.07, 6.45) is 1.39. The number of carbonyl (C=O) groups is 2. The van der Waals surface area contributed by atoms with Gasteiger partial charge < -0.3 is 4.42 Å². The van der Waals surface area contributed by atoms with Gasteiger partial charge in [0.05, 0.1) is 5.69 Å². The molecule has 0 saturated carbocycles. The molecule has 0 atom stereocenters. The molecule has 1 aliphatic heterocycles. The molecule has 1 saturated heterocycles. The Balaban J connectivity index is 2.02. The lowest BCUT2D eigenvalue weighted by molar-refractivity contribution is -0.122. The molecule has 2 amide bonds. The fraction of sp³-hybridized carbons (Fsp3) is 0.0625. The summed E-state index contributed by atoms with van der Waals surface area (Å²) in [7, 11) is 0. The van der Waals surface area contributed by atoms with E-state index in [2.05, 4.69) is 5.32 Å². The van der Waals surface area contributed by atoms with Crippen molar-refractivity contribution in [3.63, 3.8) is 0 Å². The van der Waals surface area contributed by atoms with Crippen LogP contribution < -0.4 is 10.2 Å². The van der Waals surface area contributed by atoms with Gasteiger partial charge in [-0.25, -0.2) is 0 Å². The zero-order chi connectivity index (χ0) is 17.4. The molecular formula is C16H10ClIN2O3S. The predicted octanol–water partition coefficient (Wildman–Crippen LogP) is 3.68. The minimum Gasteiger partial charge on any atom is -0.451 e. The lowest BCUT2D eigenvalue weighted by atomic mass is 10.1. The molecule has 1 aromatic carbocycles. The number of hydrogen-bond donors (Lipinski definition) is 1. The summed E-state index contributed by atoms with van der Waals surface area (Å²) in [4.78, 5) is 26.2. The third-order valence-electron chi connectivity index (χ3n) is 3.40. The zero-order valence-corrected chi connectivity index (χ0v) is 16.0. The standard InChI is InChI=1S/C16H10ClIN2O3S/c1-8-2-3-9(6-12(8)17)20-15(22)11(14(21)19-16(20)24)7-10-4-5-13(18)23-10/h2-7H,1H3,(H,19,21,24)/b11-7+. The summed E-state index contributed by atoms with van der Waals surface area (Å²) in [5.41, 5.74) is 1.30. The average Bonchev–Trinajstić information content (AvgIpc) is 2.92. The SMILES string of the molecule is Cc1ccc(N2C(=O)/C(=C/c3ccc(I)o3)C(=O)NC2=S)cc1Cl. The second kappa shape index (κ2) is 6.66. The molecular weight excluding hydrogens is 463 g/mol.